The molecule has 2 heterocycles. The number of hydrogen-bond acceptors (Lipinski definition) is 11. The summed E-state index contributed by atoms with van der Waals surface area (Å²) in [7, 11) is 1.27. The van der Waals surface area contributed by atoms with Crippen molar-refractivity contribution in [2.24, 2.45) is 34.0 Å². The number of Topliss-reactive ketones (excluding diaryl/α,β-unsaturated/α-hetero) is 1. The lowest BCUT2D eigenvalue weighted by molar-refractivity contribution is -0.228. The fourth-order valence-corrected chi connectivity index (χ4v) is 9.54. The van der Waals surface area contributed by atoms with E-state index >= 15 is 0 Å². The second-order valence-corrected chi connectivity index (χ2v) is 14.9. The third kappa shape index (κ3) is 5.06. The molecular weight excluding hydrogens is 608 g/mol. The van der Waals surface area contributed by atoms with Gasteiger partial charge in [0.05, 0.1) is 37.1 Å². The van der Waals surface area contributed by atoms with E-state index in [9.17, 15) is 24.0 Å². The third-order valence-electron chi connectivity index (χ3n) is 12.3. The predicted molar refractivity (Wildman–Crippen MR) is 166 cm³/mol. The van der Waals surface area contributed by atoms with Crippen molar-refractivity contribution in [1.29, 1.82) is 0 Å². The van der Waals surface area contributed by atoms with E-state index in [0.29, 0.717) is 18.4 Å². The van der Waals surface area contributed by atoms with Gasteiger partial charge in [-0.2, -0.15) is 0 Å². The Morgan fingerprint density at radius 1 is 1.06 bits per heavy atom. The van der Waals surface area contributed by atoms with E-state index < -0.39 is 81.8 Å². The van der Waals surface area contributed by atoms with Crippen LogP contribution in [0, 0.1) is 34.0 Å². The number of epoxide rings is 1. The van der Waals surface area contributed by atoms with Crippen LogP contribution in [0.25, 0.3) is 0 Å². The second kappa shape index (κ2) is 11.9. The Hall–Kier alpha value is -3.47. The molecule has 0 amide bonds. The molecule has 1 aromatic rings. The van der Waals surface area contributed by atoms with Crippen LogP contribution in [0.2, 0.25) is 0 Å². The molecule has 11 atom stereocenters. The Kier molecular flexibility index (Phi) is 8.82. The maximum absolute atomic E-state index is 13.7. The van der Waals surface area contributed by atoms with E-state index in [1.54, 1.807) is 33.3 Å². The fraction of sp³-hybridized carbons (Fsp3) is 0.694. The lowest BCUT2D eigenvalue weighted by atomic mass is 9.43. The number of ketones is 1. The molecule has 0 unspecified atom stereocenters. The number of rotatable bonds is 9. The van der Waals surface area contributed by atoms with Crippen LogP contribution in [-0.4, -0.2) is 66.8 Å². The predicted octanol–water partition coefficient (Wildman–Crippen LogP) is 5.10. The van der Waals surface area contributed by atoms with Gasteiger partial charge >= 0.3 is 23.9 Å². The topological polar surface area (TPSA) is 148 Å². The molecule has 0 radical (unpaired) electrons. The van der Waals surface area contributed by atoms with Crippen molar-refractivity contribution in [3.63, 3.8) is 0 Å². The number of carbonyl (C=O) groups is 5. The molecule has 1 aliphatic heterocycles. The zero-order chi connectivity index (χ0) is 34.9. The van der Waals surface area contributed by atoms with Crippen LogP contribution in [0.15, 0.2) is 35.2 Å². The van der Waals surface area contributed by atoms with Gasteiger partial charge in [0, 0.05) is 49.4 Å². The minimum atomic E-state index is -1.25. The lowest BCUT2D eigenvalue weighted by Crippen LogP contribution is -2.70. The summed E-state index contributed by atoms with van der Waals surface area (Å²) >= 11 is 0. The number of methoxy groups -OCH3 is 1. The number of carbonyl (C=O) groups excluding carboxylic acids is 5. The summed E-state index contributed by atoms with van der Waals surface area (Å²) in [6.07, 6.45) is 0.467. The van der Waals surface area contributed by atoms with E-state index in [4.69, 9.17) is 28.1 Å². The van der Waals surface area contributed by atoms with Crippen molar-refractivity contribution in [3.05, 3.63) is 36.3 Å². The normalized spacial score (nSPS) is 39.2. The van der Waals surface area contributed by atoms with Crippen molar-refractivity contribution in [2.45, 2.75) is 117 Å². The summed E-state index contributed by atoms with van der Waals surface area (Å²) in [5.41, 5.74) is -2.88. The summed E-state index contributed by atoms with van der Waals surface area (Å²) in [6, 6.07) is 1.87. The first-order valence-electron chi connectivity index (χ1n) is 16.5. The zero-order valence-corrected chi connectivity index (χ0v) is 28.9. The maximum atomic E-state index is 13.7. The average molecular weight is 657 g/mol. The monoisotopic (exact) mass is 656 g/mol. The van der Waals surface area contributed by atoms with Crippen molar-refractivity contribution in [1.82, 2.24) is 0 Å². The van der Waals surface area contributed by atoms with Gasteiger partial charge in [-0.1, -0.05) is 48.1 Å². The zero-order valence-electron chi connectivity index (χ0n) is 28.9. The molecule has 0 bridgehead atoms. The third-order valence-corrected chi connectivity index (χ3v) is 12.3. The molecule has 0 aromatic carbocycles. The largest absolute Gasteiger partial charge is 0.472 e. The highest BCUT2D eigenvalue weighted by Crippen LogP contribution is 2.77. The number of hydrogen-bond donors (Lipinski definition) is 0. The Bertz CT molecular complexity index is 1460. The first-order valence-corrected chi connectivity index (χ1v) is 16.5. The van der Waals surface area contributed by atoms with Gasteiger partial charge in [0.15, 0.2) is 0 Å². The van der Waals surface area contributed by atoms with Crippen molar-refractivity contribution < 1.29 is 52.1 Å². The standard InChI is InChI=1S/C36H48O11/c1-11-18(2)32(41)46-31-30(45-21(5)38)29(19(3)36-27(47-36)14-23(35(31,36)9)22-12-13-43-17-22)34(8)24(15-28(40)42-10)33(6,7)25(39)16-26(34)44-20(4)37/h12-13,17-18,23-24,26-27,29-31H,3,11,14-16H2,1-2,4-10H3/t18-,23-,24-,26+,27+,29+,30+,31-,34+,35+,36+/m1/s1. The maximum Gasteiger partial charge on any atom is 0.309 e. The number of ether oxygens (including phenoxy) is 5. The number of furan rings is 1. The van der Waals surface area contributed by atoms with Crippen molar-refractivity contribution in [2.75, 3.05) is 7.11 Å². The van der Waals surface area contributed by atoms with Gasteiger partial charge in [0.2, 0.25) is 0 Å². The molecule has 0 N–H and O–H groups in total. The van der Waals surface area contributed by atoms with Gasteiger partial charge in [-0.15, -0.1) is 0 Å². The molecule has 4 fully saturated rings. The van der Waals surface area contributed by atoms with Crippen LogP contribution in [0.5, 0.6) is 0 Å². The molecule has 3 aliphatic carbocycles. The summed E-state index contributed by atoms with van der Waals surface area (Å²) in [5, 5.41) is 0. The van der Waals surface area contributed by atoms with Crippen LogP contribution in [0.4, 0.5) is 0 Å². The molecule has 1 saturated heterocycles. The molecule has 258 valence electrons. The highest BCUT2D eigenvalue weighted by molar-refractivity contribution is 5.87. The van der Waals surface area contributed by atoms with E-state index in [1.165, 1.54) is 21.0 Å². The van der Waals surface area contributed by atoms with E-state index in [-0.39, 0.29) is 30.6 Å². The summed E-state index contributed by atoms with van der Waals surface area (Å²) < 4.78 is 35.9. The summed E-state index contributed by atoms with van der Waals surface area (Å²) in [5.74, 6) is -4.77. The molecule has 3 saturated carbocycles. The molecule has 4 aliphatic rings. The van der Waals surface area contributed by atoms with Gasteiger partial charge in [-0.05, 0) is 36.0 Å². The smallest absolute Gasteiger partial charge is 0.309 e. The van der Waals surface area contributed by atoms with Crippen molar-refractivity contribution in [3.8, 4) is 0 Å². The van der Waals surface area contributed by atoms with Crippen LogP contribution in [-0.2, 0) is 47.7 Å². The number of esters is 4. The molecule has 11 nitrogen and oxygen atoms in total. The van der Waals surface area contributed by atoms with Crippen molar-refractivity contribution >= 4 is 29.7 Å². The Morgan fingerprint density at radius 2 is 1.72 bits per heavy atom. The fourth-order valence-electron chi connectivity index (χ4n) is 9.54. The van der Waals surface area contributed by atoms with Gasteiger partial charge < -0.3 is 28.1 Å². The first kappa shape index (κ1) is 34.9. The van der Waals surface area contributed by atoms with Crippen LogP contribution < -0.4 is 0 Å². The van der Waals surface area contributed by atoms with Crippen LogP contribution >= 0.6 is 0 Å². The molecule has 1 aromatic heterocycles. The quantitative estimate of drug-likeness (QED) is 0.151. The SMILES string of the molecule is C=C1[C@H]([C@]2(C)[C@@H](OC(C)=O)CC(=O)C(C)(C)[C@H]2CC(=O)OC)[C@H](OC(C)=O)[C@@H](OC(=O)[C@H](C)CC)[C@]2(C)[C@@H](c3ccoc3)C[C@@H]3O[C@@]132. The average Bonchev–Trinajstić information content (AvgIpc) is 3.34. The van der Waals surface area contributed by atoms with Gasteiger partial charge in [-0.25, -0.2) is 0 Å². The highest BCUT2D eigenvalue weighted by atomic mass is 16.6. The molecule has 11 heteroatoms. The van der Waals surface area contributed by atoms with E-state index in [1.807, 2.05) is 26.8 Å². The molecule has 47 heavy (non-hydrogen) atoms. The highest BCUT2D eigenvalue weighted by Gasteiger charge is 2.85. The summed E-state index contributed by atoms with van der Waals surface area (Å²) in [4.78, 5) is 66.2. The lowest BCUT2D eigenvalue weighted by Gasteiger charge is -2.62. The van der Waals surface area contributed by atoms with Gasteiger partial charge in [0.1, 0.15) is 29.7 Å². The minimum absolute atomic E-state index is 0.138. The first-order chi connectivity index (χ1) is 21.9. The molecule has 1 spiro atoms. The van der Waals surface area contributed by atoms with Gasteiger partial charge in [-0.3, -0.25) is 24.0 Å². The van der Waals surface area contributed by atoms with E-state index in [0.717, 1.165) is 5.56 Å². The van der Waals surface area contributed by atoms with Gasteiger partial charge in [0.25, 0.3) is 0 Å². The second-order valence-electron chi connectivity index (χ2n) is 14.9. The molecular formula is C36H48O11. The minimum Gasteiger partial charge on any atom is -0.472 e. The summed E-state index contributed by atoms with van der Waals surface area (Å²) in [6.45, 7) is 18.2. The van der Waals surface area contributed by atoms with Crippen LogP contribution in [0.1, 0.15) is 92.6 Å². The Morgan fingerprint density at radius 3 is 2.28 bits per heavy atom. The Labute approximate surface area is 276 Å². The molecule has 5 rings (SSSR count). The van der Waals surface area contributed by atoms with E-state index in [2.05, 4.69) is 6.58 Å². The van der Waals surface area contributed by atoms with Crippen LogP contribution in [0.3, 0.4) is 0 Å². The Balaban J connectivity index is 1.79.